The number of hydrogen-bond acceptors (Lipinski definition) is 3. The average molecular weight is 297 g/mol. The number of unbranched alkanes of at least 4 members (excludes halogenated alkanes) is 1. The number of hydrogen-bond donors (Lipinski definition) is 2. The van der Waals surface area contributed by atoms with Gasteiger partial charge in [-0.25, -0.2) is 4.98 Å². The predicted molar refractivity (Wildman–Crippen MR) is 77.5 cm³/mol. The van der Waals surface area contributed by atoms with Gasteiger partial charge in [-0.15, -0.1) is 0 Å². The van der Waals surface area contributed by atoms with E-state index in [2.05, 4.69) is 27.1 Å². The zero-order valence-corrected chi connectivity index (χ0v) is 12.5. The molecular weight excluding hydrogens is 276 g/mol. The topological polar surface area (TPSA) is 61.0 Å². The summed E-state index contributed by atoms with van der Waals surface area (Å²) < 4.78 is 0. The summed E-state index contributed by atoms with van der Waals surface area (Å²) in [6, 6.07) is 0. The molecule has 1 aromatic heterocycles. The van der Waals surface area contributed by atoms with Gasteiger partial charge < -0.3 is 10.3 Å². The first-order chi connectivity index (χ1) is 9.67. The van der Waals surface area contributed by atoms with Crippen LogP contribution in [0, 0.1) is 11.8 Å². The highest BCUT2D eigenvalue weighted by Crippen LogP contribution is 2.29. The molecule has 6 heteroatoms. The number of carbonyl (C=O) groups is 1. The minimum atomic E-state index is 0.163. The Morgan fingerprint density at radius 2 is 2.30 bits per heavy atom. The van der Waals surface area contributed by atoms with E-state index < -0.39 is 0 Å². The molecule has 2 aliphatic rings. The summed E-state index contributed by atoms with van der Waals surface area (Å²) in [7, 11) is 0. The number of nitrogens with one attached hydrogen (secondary N) is 2. The lowest BCUT2D eigenvalue weighted by Crippen LogP contribution is -2.28. The Balaban J connectivity index is 1.61. The zero-order chi connectivity index (χ0) is 14.1. The van der Waals surface area contributed by atoms with Crippen LogP contribution in [0.2, 0.25) is 5.15 Å². The van der Waals surface area contributed by atoms with Crippen molar-refractivity contribution in [1.82, 2.24) is 20.2 Å². The van der Waals surface area contributed by atoms with Gasteiger partial charge in [0.2, 0.25) is 5.91 Å². The van der Waals surface area contributed by atoms with Crippen LogP contribution in [0.3, 0.4) is 0 Å². The van der Waals surface area contributed by atoms with Gasteiger partial charge in [0.1, 0.15) is 5.82 Å². The number of aromatic nitrogens is 2. The third kappa shape index (κ3) is 2.69. The van der Waals surface area contributed by atoms with Crippen molar-refractivity contribution < 1.29 is 4.79 Å². The molecule has 1 aromatic rings. The van der Waals surface area contributed by atoms with Gasteiger partial charge in [0, 0.05) is 38.5 Å². The van der Waals surface area contributed by atoms with E-state index in [1.54, 1.807) is 0 Å². The van der Waals surface area contributed by atoms with Gasteiger partial charge in [0.25, 0.3) is 0 Å². The smallest absolute Gasteiger partial charge is 0.224 e. The molecule has 0 aromatic carbocycles. The lowest BCUT2D eigenvalue weighted by atomic mass is 10.0. The molecule has 2 fully saturated rings. The number of imidazole rings is 1. The number of H-pyrrole nitrogens is 1. The number of amides is 1. The van der Waals surface area contributed by atoms with Crippen molar-refractivity contribution in [1.29, 1.82) is 0 Å². The number of rotatable bonds is 5. The summed E-state index contributed by atoms with van der Waals surface area (Å²) in [5, 5.41) is 3.51. The van der Waals surface area contributed by atoms with Gasteiger partial charge in [-0.05, 0) is 6.42 Å². The van der Waals surface area contributed by atoms with Crippen LogP contribution in [0.15, 0.2) is 0 Å². The first-order valence-corrected chi connectivity index (χ1v) is 7.78. The Morgan fingerprint density at radius 1 is 1.45 bits per heavy atom. The monoisotopic (exact) mass is 296 g/mol. The number of fused-ring (bicyclic) bond motifs is 1. The fourth-order valence-corrected chi connectivity index (χ4v) is 3.40. The first kappa shape index (κ1) is 13.9. The number of nitrogens with zero attached hydrogens (tertiary/aromatic N) is 2. The normalized spacial score (nSPS) is 26.0. The van der Waals surface area contributed by atoms with Crippen molar-refractivity contribution in [2.45, 2.75) is 32.7 Å². The van der Waals surface area contributed by atoms with Gasteiger partial charge >= 0.3 is 0 Å². The minimum absolute atomic E-state index is 0.163. The van der Waals surface area contributed by atoms with Crippen molar-refractivity contribution in [3.63, 3.8) is 0 Å². The molecule has 3 rings (SSSR count). The van der Waals surface area contributed by atoms with Gasteiger partial charge in [0.15, 0.2) is 5.15 Å². The van der Waals surface area contributed by atoms with Crippen LogP contribution in [0.1, 0.15) is 31.3 Å². The highest BCUT2D eigenvalue weighted by molar-refractivity contribution is 6.30. The molecule has 2 aliphatic heterocycles. The third-order valence-electron chi connectivity index (χ3n) is 4.32. The molecule has 2 N–H and O–H groups in total. The molecule has 110 valence electrons. The molecule has 0 radical (unpaired) electrons. The van der Waals surface area contributed by atoms with Crippen LogP contribution in [0.25, 0.3) is 0 Å². The predicted octanol–water partition coefficient (Wildman–Crippen LogP) is 1.58. The maximum absolute atomic E-state index is 11.7. The third-order valence-corrected chi connectivity index (χ3v) is 4.63. The van der Waals surface area contributed by atoms with Gasteiger partial charge in [-0.3, -0.25) is 9.69 Å². The van der Waals surface area contributed by atoms with Crippen molar-refractivity contribution in [2.75, 3.05) is 19.6 Å². The summed E-state index contributed by atoms with van der Waals surface area (Å²) in [5.41, 5.74) is 0.984. The summed E-state index contributed by atoms with van der Waals surface area (Å²) >= 11 is 6.20. The molecule has 20 heavy (non-hydrogen) atoms. The van der Waals surface area contributed by atoms with Gasteiger partial charge in [-0.2, -0.15) is 0 Å². The molecule has 3 heterocycles. The van der Waals surface area contributed by atoms with E-state index in [4.69, 9.17) is 11.6 Å². The van der Waals surface area contributed by atoms with E-state index in [-0.39, 0.29) is 11.8 Å². The number of likely N-dealkylation sites (tertiary alicyclic amines) is 1. The SMILES string of the molecule is CCCCc1nc(Cl)c(CN2C[C@@H]3CNC(=O)[C@@H]3C2)[nH]1. The van der Waals surface area contributed by atoms with E-state index in [1.807, 2.05) is 0 Å². The van der Waals surface area contributed by atoms with E-state index in [0.29, 0.717) is 11.1 Å². The molecule has 0 spiro atoms. The standard InChI is InChI=1S/C14H21ClN4O/c1-2-3-4-12-17-11(13(15)18-12)8-19-6-9-5-16-14(20)10(9)7-19/h9-10H,2-8H2,1H3,(H,16,20)(H,17,18)/t9-,10+/m0/s1. The number of aryl methyl sites for hydroxylation is 1. The lowest BCUT2D eigenvalue weighted by molar-refractivity contribution is -0.122. The van der Waals surface area contributed by atoms with Crippen LogP contribution in [-0.2, 0) is 17.8 Å². The summed E-state index contributed by atoms with van der Waals surface area (Å²) in [6.45, 7) is 5.54. The summed E-state index contributed by atoms with van der Waals surface area (Å²) in [5.74, 6) is 1.81. The highest BCUT2D eigenvalue weighted by Gasteiger charge is 2.41. The molecule has 0 aliphatic carbocycles. The van der Waals surface area contributed by atoms with Gasteiger partial charge in [0.05, 0.1) is 11.6 Å². The summed E-state index contributed by atoms with van der Waals surface area (Å²) in [6.07, 6.45) is 3.22. The first-order valence-electron chi connectivity index (χ1n) is 7.40. The Bertz CT molecular complexity index is 501. The molecule has 1 amide bonds. The maximum Gasteiger partial charge on any atom is 0.224 e. The Kier molecular flexibility index (Phi) is 3.98. The highest BCUT2D eigenvalue weighted by atomic mass is 35.5. The van der Waals surface area contributed by atoms with Crippen LogP contribution in [0.4, 0.5) is 0 Å². The van der Waals surface area contributed by atoms with E-state index in [9.17, 15) is 4.79 Å². The van der Waals surface area contributed by atoms with Crippen molar-refractivity contribution >= 4 is 17.5 Å². The number of carbonyl (C=O) groups excluding carboxylic acids is 1. The quantitative estimate of drug-likeness (QED) is 0.867. The van der Waals surface area contributed by atoms with Crippen LogP contribution in [0.5, 0.6) is 0 Å². The molecular formula is C14H21ClN4O. The number of halogens is 1. The fourth-order valence-electron chi connectivity index (χ4n) is 3.19. The molecule has 5 nitrogen and oxygen atoms in total. The molecule has 2 atom stereocenters. The Morgan fingerprint density at radius 3 is 3.05 bits per heavy atom. The van der Waals surface area contributed by atoms with E-state index in [0.717, 1.165) is 57.0 Å². The minimum Gasteiger partial charge on any atom is -0.355 e. The molecule has 0 bridgehead atoms. The van der Waals surface area contributed by atoms with E-state index in [1.165, 1.54) is 0 Å². The van der Waals surface area contributed by atoms with Crippen molar-refractivity contribution in [3.05, 3.63) is 16.7 Å². The van der Waals surface area contributed by atoms with Crippen molar-refractivity contribution in [3.8, 4) is 0 Å². The number of aromatic amines is 1. The lowest BCUT2D eigenvalue weighted by Gasteiger charge is -2.15. The largest absolute Gasteiger partial charge is 0.355 e. The molecule has 2 saturated heterocycles. The second kappa shape index (κ2) is 5.74. The molecule has 0 saturated carbocycles. The Labute approximate surface area is 124 Å². The molecule has 0 unspecified atom stereocenters. The fraction of sp³-hybridized carbons (Fsp3) is 0.714. The zero-order valence-electron chi connectivity index (χ0n) is 11.8. The van der Waals surface area contributed by atoms with E-state index >= 15 is 0 Å². The summed E-state index contributed by atoms with van der Waals surface area (Å²) in [4.78, 5) is 21.7. The van der Waals surface area contributed by atoms with Crippen molar-refractivity contribution in [2.24, 2.45) is 11.8 Å². The van der Waals surface area contributed by atoms with Crippen LogP contribution >= 0.6 is 11.6 Å². The van der Waals surface area contributed by atoms with Crippen LogP contribution in [-0.4, -0.2) is 40.4 Å². The maximum atomic E-state index is 11.7. The van der Waals surface area contributed by atoms with Crippen LogP contribution < -0.4 is 5.32 Å². The Hall–Kier alpha value is -1.07. The second-order valence-corrected chi connectivity index (χ2v) is 6.22. The average Bonchev–Trinajstić information content (AvgIpc) is 3.07. The van der Waals surface area contributed by atoms with Gasteiger partial charge in [-0.1, -0.05) is 24.9 Å². The second-order valence-electron chi connectivity index (χ2n) is 5.86.